The molecule has 2 aromatic rings. The predicted molar refractivity (Wildman–Crippen MR) is 94.3 cm³/mol. The molecule has 0 fully saturated rings. The van der Waals surface area contributed by atoms with Crippen LogP contribution in [-0.2, 0) is 16.1 Å². The Morgan fingerprint density at radius 3 is 2.44 bits per heavy atom. The average Bonchev–Trinajstić information content (AvgIpc) is 2.57. The number of hydrogen-bond donors (Lipinski definition) is 1. The van der Waals surface area contributed by atoms with Gasteiger partial charge in [-0.25, -0.2) is 9.18 Å². The third-order valence-corrected chi connectivity index (χ3v) is 4.07. The summed E-state index contributed by atoms with van der Waals surface area (Å²) >= 11 is 11.4. The van der Waals surface area contributed by atoms with E-state index in [1.807, 2.05) is 31.2 Å². The Hall–Kier alpha value is -2.11. The number of nitrogens with one attached hydrogen (secondary N) is 1. The molecular weight excluding hydrogens is 368 g/mol. The first-order valence-electron chi connectivity index (χ1n) is 7.46. The SMILES string of the molecule is Cc1ccc(CNC(=O)[C@H](C)OC(=O)c2cc(F)c(Cl)cc2Cl)cc1. The van der Waals surface area contributed by atoms with Crippen molar-refractivity contribution >= 4 is 35.1 Å². The number of carbonyl (C=O) groups excluding carboxylic acids is 2. The second kappa shape index (κ2) is 8.32. The maximum atomic E-state index is 13.5. The number of esters is 1. The number of rotatable bonds is 5. The number of hydrogen-bond acceptors (Lipinski definition) is 3. The first-order valence-corrected chi connectivity index (χ1v) is 8.22. The molecule has 2 rings (SSSR count). The molecule has 0 bridgehead atoms. The average molecular weight is 384 g/mol. The lowest BCUT2D eigenvalue weighted by molar-refractivity contribution is -0.129. The van der Waals surface area contributed by atoms with Gasteiger partial charge < -0.3 is 10.1 Å². The van der Waals surface area contributed by atoms with E-state index >= 15 is 0 Å². The van der Waals surface area contributed by atoms with Crippen LogP contribution >= 0.6 is 23.2 Å². The van der Waals surface area contributed by atoms with Gasteiger partial charge in [-0.1, -0.05) is 53.0 Å². The normalized spacial score (nSPS) is 11.7. The maximum absolute atomic E-state index is 13.5. The molecule has 0 spiro atoms. The highest BCUT2D eigenvalue weighted by molar-refractivity contribution is 6.36. The van der Waals surface area contributed by atoms with Crippen LogP contribution in [0.2, 0.25) is 10.0 Å². The highest BCUT2D eigenvalue weighted by Crippen LogP contribution is 2.25. The van der Waals surface area contributed by atoms with E-state index in [2.05, 4.69) is 5.32 Å². The summed E-state index contributed by atoms with van der Waals surface area (Å²) in [6.45, 7) is 3.69. The summed E-state index contributed by atoms with van der Waals surface area (Å²) in [5.74, 6) is -2.17. The Morgan fingerprint density at radius 1 is 1.16 bits per heavy atom. The molecule has 0 unspecified atom stereocenters. The maximum Gasteiger partial charge on any atom is 0.340 e. The summed E-state index contributed by atoms with van der Waals surface area (Å²) in [5, 5.41) is 2.41. The zero-order valence-electron chi connectivity index (χ0n) is 13.6. The van der Waals surface area contributed by atoms with Gasteiger partial charge in [-0.2, -0.15) is 0 Å². The largest absolute Gasteiger partial charge is 0.449 e. The molecule has 4 nitrogen and oxygen atoms in total. The van der Waals surface area contributed by atoms with Crippen molar-refractivity contribution < 1.29 is 18.7 Å². The minimum absolute atomic E-state index is 0.0522. The molecule has 0 saturated heterocycles. The molecule has 1 N–H and O–H groups in total. The van der Waals surface area contributed by atoms with Gasteiger partial charge >= 0.3 is 5.97 Å². The first-order chi connectivity index (χ1) is 11.8. The summed E-state index contributed by atoms with van der Waals surface area (Å²) in [4.78, 5) is 24.1. The van der Waals surface area contributed by atoms with E-state index in [0.717, 1.165) is 23.3 Å². The van der Waals surface area contributed by atoms with Gasteiger partial charge in [0.25, 0.3) is 5.91 Å². The highest BCUT2D eigenvalue weighted by atomic mass is 35.5. The van der Waals surface area contributed by atoms with E-state index in [0.29, 0.717) is 6.54 Å². The second-order valence-corrected chi connectivity index (χ2v) is 6.31. The third kappa shape index (κ3) is 5.18. The molecule has 0 aliphatic carbocycles. The fourth-order valence-corrected chi connectivity index (χ4v) is 2.46. The van der Waals surface area contributed by atoms with Crippen LogP contribution in [0, 0.1) is 12.7 Å². The number of aryl methyl sites for hydroxylation is 1. The van der Waals surface area contributed by atoms with E-state index < -0.39 is 23.8 Å². The molecule has 0 saturated carbocycles. The van der Waals surface area contributed by atoms with E-state index in [-0.39, 0.29) is 15.6 Å². The molecular formula is C18H16Cl2FNO3. The summed E-state index contributed by atoms with van der Waals surface area (Å²) in [7, 11) is 0. The van der Waals surface area contributed by atoms with Gasteiger partial charge in [0, 0.05) is 6.54 Å². The Labute approximate surface area is 154 Å². The third-order valence-electron chi connectivity index (χ3n) is 3.47. The number of benzene rings is 2. The summed E-state index contributed by atoms with van der Waals surface area (Å²) in [5.41, 5.74) is 1.84. The van der Waals surface area contributed by atoms with Crippen LogP contribution < -0.4 is 5.32 Å². The van der Waals surface area contributed by atoms with Gasteiger partial charge in [0.1, 0.15) is 5.82 Å². The number of halogens is 3. The topological polar surface area (TPSA) is 55.4 Å². The lowest BCUT2D eigenvalue weighted by Crippen LogP contribution is -2.35. The van der Waals surface area contributed by atoms with Crippen molar-refractivity contribution in [3.8, 4) is 0 Å². The van der Waals surface area contributed by atoms with Gasteiger partial charge in [-0.3, -0.25) is 4.79 Å². The fourth-order valence-electron chi connectivity index (χ4n) is 2.00. The van der Waals surface area contributed by atoms with E-state index in [9.17, 15) is 14.0 Å². The van der Waals surface area contributed by atoms with Crippen LogP contribution in [0.4, 0.5) is 4.39 Å². The van der Waals surface area contributed by atoms with Crippen molar-refractivity contribution in [3.63, 3.8) is 0 Å². The molecule has 0 aliphatic rings. The molecule has 0 aliphatic heterocycles. The van der Waals surface area contributed by atoms with Crippen molar-refractivity contribution in [2.24, 2.45) is 0 Å². The minimum Gasteiger partial charge on any atom is -0.449 e. The zero-order valence-corrected chi connectivity index (χ0v) is 15.1. The summed E-state index contributed by atoms with van der Waals surface area (Å²) in [6.07, 6.45) is -1.06. The van der Waals surface area contributed by atoms with E-state index in [4.69, 9.17) is 27.9 Å². The van der Waals surface area contributed by atoms with Crippen LogP contribution in [0.3, 0.4) is 0 Å². The first kappa shape index (κ1) is 19.2. The van der Waals surface area contributed by atoms with Crippen molar-refractivity contribution in [2.75, 3.05) is 0 Å². The lowest BCUT2D eigenvalue weighted by Gasteiger charge is -2.14. The smallest absolute Gasteiger partial charge is 0.340 e. The van der Waals surface area contributed by atoms with Gasteiger partial charge in [-0.05, 0) is 31.5 Å². The summed E-state index contributed by atoms with van der Waals surface area (Å²) in [6, 6.07) is 9.64. The molecule has 132 valence electrons. The second-order valence-electron chi connectivity index (χ2n) is 5.50. The Kier molecular flexibility index (Phi) is 6.39. The number of ether oxygens (including phenoxy) is 1. The predicted octanol–water partition coefficient (Wildman–Crippen LogP) is 4.30. The quantitative estimate of drug-likeness (QED) is 0.618. The molecule has 0 aromatic heterocycles. The molecule has 0 radical (unpaired) electrons. The van der Waals surface area contributed by atoms with Gasteiger partial charge in [0.05, 0.1) is 15.6 Å². The Morgan fingerprint density at radius 2 is 1.80 bits per heavy atom. The van der Waals surface area contributed by atoms with Gasteiger partial charge in [-0.15, -0.1) is 0 Å². The number of carbonyl (C=O) groups is 2. The molecule has 1 atom stereocenters. The molecule has 25 heavy (non-hydrogen) atoms. The van der Waals surface area contributed by atoms with Crippen molar-refractivity contribution in [1.29, 1.82) is 0 Å². The molecule has 7 heteroatoms. The van der Waals surface area contributed by atoms with Crippen LogP contribution in [0.1, 0.15) is 28.4 Å². The van der Waals surface area contributed by atoms with Crippen LogP contribution in [-0.4, -0.2) is 18.0 Å². The van der Waals surface area contributed by atoms with Crippen LogP contribution in [0.5, 0.6) is 0 Å². The molecule has 0 heterocycles. The fraction of sp³-hybridized carbons (Fsp3) is 0.222. The minimum atomic E-state index is -1.06. The number of amides is 1. The standard InChI is InChI=1S/C18H16Cl2FNO3/c1-10-3-5-12(6-4-10)9-22-17(23)11(2)25-18(24)13-7-16(21)15(20)8-14(13)19/h3-8,11H,9H2,1-2H3,(H,22,23)/t11-/m0/s1. The zero-order chi connectivity index (χ0) is 18.6. The Bertz CT molecular complexity index is 794. The van der Waals surface area contributed by atoms with Crippen LogP contribution in [0.15, 0.2) is 36.4 Å². The van der Waals surface area contributed by atoms with Gasteiger partial charge in [0.2, 0.25) is 0 Å². The molecule has 1 amide bonds. The highest BCUT2D eigenvalue weighted by Gasteiger charge is 2.21. The van der Waals surface area contributed by atoms with Crippen LogP contribution in [0.25, 0.3) is 0 Å². The van der Waals surface area contributed by atoms with E-state index in [1.165, 1.54) is 6.92 Å². The van der Waals surface area contributed by atoms with Crippen molar-refractivity contribution in [1.82, 2.24) is 5.32 Å². The Balaban J connectivity index is 1.95. The monoisotopic (exact) mass is 383 g/mol. The van der Waals surface area contributed by atoms with Crippen molar-refractivity contribution in [3.05, 3.63) is 69.0 Å². The van der Waals surface area contributed by atoms with E-state index in [1.54, 1.807) is 0 Å². The lowest BCUT2D eigenvalue weighted by atomic mass is 10.1. The summed E-state index contributed by atoms with van der Waals surface area (Å²) < 4.78 is 18.5. The van der Waals surface area contributed by atoms with Gasteiger partial charge in [0.15, 0.2) is 6.10 Å². The van der Waals surface area contributed by atoms with Crippen molar-refractivity contribution in [2.45, 2.75) is 26.5 Å². The molecule has 2 aromatic carbocycles.